The number of guanidine groups is 1. The van der Waals surface area contributed by atoms with E-state index in [-0.39, 0.29) is 87.1 Å². The van der Waals surface area contributed by atoms with Gasteiger partial charge in [-0.1, -0.05) is 36.8 Å². The average Bonchev–Trinajstić information content (AvgIpc) is 3.79. The van der Waals surface area contributed by atoms with E-state index in [4.69, 9.17) is 21.7 Å². The van der Waals surface area contributed by atoms with E-state index in [0.29, 0.717) is 57.2 Å². The highest BCUT2D eigenvalue weighted by atomic mass is 32.5. The van der Waals surface area contributed by atoms with Gasteiger partial charge < -0.3 is 78.7 Å². The van der Waals surface area contributed by atoms with Crippen molar-refractivity contribution in [2.75, 3.05) is 50.8 Å². The summed E-state index contributed by atoms with van der Waals surface area (Å²) in [5, 5.41) is 27.6. The lowest BCUT2D eigenvalue weighted by Gasteiger charge is -2.26. The number of nitrogens with zero attached hydrogens (tertiary/aromatic N) is 2. The lowest BCUT2D eigenvalue weighted by atomic mass is 10.0. The number of likely N-dealkylation sites (tertiary alicyclic amines) is 1. The topological polar surface area (TPSA) is 401 Å². The first-order chi connectivity index (χ1) is 33.7. The Morgan fingerprint density at radius 1 is 0.845 bits per heavy atom. The maximum absolute atomic E-state index is 14.0. The summed E-state index contributed by atoms with van der Waals surface area (Å²) in [4.78, 5) is 141. The van der Waals surface area contributed by atoms with Crippen LogP contribution in [0.2, 0.25) is 0 Å². The van der Waals surface area contributed by atoms with Crippen LogP contribution in [0, 0.1) is 0 Å². The third kappa shape index (κ3) is 24.5. The number of hydrogen-bond donors (Lipinski definition) is 13. The van der Waals surface area contributed by atoms with Crippen LogP contribution in [0.4, 0.5) is 0 Å². The molecule has 0 spiro atoms. The molecule has 2 aliphatic heterocycles. The number of unbranched alkanes of at least 4 members (excludes halogenated alkanes) is 3. The number of benzene rings is 1. The number of carbonyl (C=O) groups excluding carboxylic acids is 8. The normalized spacial score (nSPS) is 20.7. The Morgan fingerprint density at radius 2 is 1.48 bits per heavy atom. The second-order valence-electron chi connectivity index (χ2n) is 17.0. The molecule has 1 aromatic rings. The minimum atomic E-state index is -3.79. The number of aliphatic carboxylic acids is 1. The molecule has 0 aliphatic carbocycles. The van der Waals surface area contributed by atoms with Crippen LogP contribution in [0.1, 0.15) is 82.6 Å². The van der Waals surface area contributed by atoms with Crippen LogP contribution in [0.5, 0.6) is 0 Å². The summed E-state index contributed by atoms with van der Waals surface area (Å²) in [6.45, 7) is -3.27. The molecule has 8 amide bonds. The molecule has 396 valence electrons. The van der Waals surface area contributed by atoms with Crippen LogP contribution >= 0.6 is 18.5 Å². The molecule has 16 N–H and O–H groups in total. The predicted octanol–water partition coefficient (Wildman–Crippen LogP) is -2.93. The first kappa shape index (κ1) is 59.9. The maximum Gasteiger partial charge on any atom is 0.321 e. The van der Waals surface area contributed by atoms with Crippen LogP contribution in [0.25, 0.3) is 0 Å². The monoisotopic (exact) mass is 1060 g/mol. The number of carboxylic acid groups (broad SMARTS) is 1. The molecule has 0 radical (unpaired) electrons. The Morgan fingerprint density at radius 3 is 2.17 bits per heavy atom. The highest BCUT2D eigenvalue weighted by Gasteiger charge is 2.34. The summed E-state index contributed by atoms with van der Waals surface area (Å²) in [6, 6.07) is 1.89. The quantitative estimate of drug-likeness (QED) is 0.0181. The van der Waals surface area contributed by atoms with Gasteiger partial charge in [0.05, 0.1) is 37.4 Å². The Kier molecular flexibility index (Phi) is 26.8. The molecule has 6 atom stereocenters. The molecule has 71 heavy (non-hydrogen) atoms. The van der Waals surface area contributed by atoms with Crippen molar-refractivity contribution in [1.29, 1.82) is 0 Å². The zero-order valence-corrected chi connectivity index (χ0v) is 42.0. The molecular weight excluding hydrogens is 988 g/mol. The summed E-state index contributed by atoms with van der Waals surface area (Å²) in [7, 11) is 0. The maximum atomic E-state index is 14.0. The van der Waals surface area contributed by atoms with Gasteiger partial charge >= 0.3 is 12.7 Å². The molecular formula is C43H69N12O13PS2. The van der Waals surface area contributed by atoms with Crippen LogP contribution in [-0.4, -0.2) is 166 Å². The van der Waals surface area contributed by atoms with Gasteiger partial charge in [0.15, 0.2) is 5.96 Å². The highest BCUT2D eigenvalue weighted by molar-refractivity contribution is 8.06. The van der Waals surface area contributed by atoms with Gasteiger partial charge in [-0.2, -0.15) is 0 Å². The predicted molar refractivity (Wildman–Crippen MR) is 266 cm³/mol. The first-order valence-corrected chi connectivity index (χ1v) is 27.2. The van der Waals surface area contributed by atoms with Gasteiger partial charge in [-0.3, -0.25) is 48.1 Å². The van der Waals surface area contributed by atoms with E-state index in [1.54, 1.807) is 35.2 Å². The number of carboxylic acids is 1. The van der Waals surface area contributed by atoms with Gasteiger partial charge in [-0.05, 0) is 75.2 Å². The van der Waals surface area contributed by atoms with Crippen molar-refractivity contribution in [3.63, 3.8) is 0 Å². The number of hydrogen-bond acceptors (Lipinski definition) is 14. The molecule has 0 aromatic heterocycles. The zero-order chi connectivity index (χ0) is 52.3. The van der Waals surface area contributed by atoms with Gasteiger partial charge in [0.25, 0.3) is 0 Å². The second-order valence-corrected chi connectivity index (χ2v) is 20.7. The van der Waals surface area contributed by atoms with Crippen LogP contribution in [-0.2, 0) is 65.9 Å². The molecule has 0 saturated carbocycles. The molecule has 28 heteroatoms. The fourth-order valence-corrected chi connectivity index (χ4v) is 8.89. The van der Waals surface area contributed by atoms with E-state index in [2.05, 4.69) is 54.0 Å². The van der Waals surface area contributed by atoms with E-state index in [0.717, 1.165) is 6.42 Å². The van der Waals surface area contributed by atoms with E-state index in [9.17, 15) is 58.0 Å². The molecule has 2 fully saturated rings. The first-order valence-electron chi connectivity index (χ1n) is 23.4. The molecule has 2 aliphatic rings. The Hall–Kier alpha value is -5.44. The average molecular weight is 1060 g/mol. The Labute approximate surface area is 421 Å². The Bertz CT molecular complexity index is 2050. The van der Waals surface area contributed by atoms with Gasteiger partial charge in [-0.25, -0.2) is 0 Å². The van der Waals surface area contributed by atoms with Crippen LogP contribution in [0.15, 0.2) is 35.3 Å². The number of nitrogens with one attached hydrogen (secondary N) is 7. The Balaban J connectivity index is 1.53. The number of thioether (sulfide) groups is 1. The molecule has 1 aromatic carbocycles. The van der Waals surface area contributed by atoms with Crippen molar-refractivity contribution in [1.82, 2.24) is 42.1 Å². The SMILES string of the molecule is NC(N)=NCCC[C@@H]1NC(=O)[C@H](CCCCNC(=O)[C@@H](N)CSCC(=O)NCCCCCC(=O)N2CCC[C@H]2COP(O)(O)=S)NC(=O)[C@@H](Cc2ccccc2)NC(=O)[C@H](CC(=O)O)NC(=O)CNC1=O. The molecule has 2 saturated heterocycles. The largest absolute Gasteiger partial charge is 0.481 e. The minimum absolute atomic E-state index is 0.00322. The summed E-state index contributed by atoms with van der Waals surface area (Å²) < 4.78 is 4.96. The van der Waals surface area contributed by atoms with Crippen molar-refractivity contribution >= 4 is 89.5 Å². The summed E-state index contributed by atoms with van der Waals surface area (Å²) in [6.07, 6.45) is 3.66. The van der Waals surface area contributed by atoms with Gasteiger partial charge in [0.1, 0.15) is 24.2 Å². The van der Waals surface area contributed by atoms with Gasteiger partial charge in [0.2, 0.25) is 47.3 Å². The third-order valence-corrected chi connectivity index (χ3v) is 13.1. The van der Waals surface area contributed by atoms with Gasteiger partial charge in [-0.15, -0.1) is 11.8 Å². The smallest absolute Gasteiger partial charge is 0.321 e. The fraction of sp³-hybridized carbons (Fsp3) is 0.628. The lowest BCUT2D eigenvalue weighted by Crippen LogP contribution is -2.58. The van der Waals surface area contributed by atoms with Crippen LogP contribution < -0.4 is 54.4 Å². The molecule has 25 nitrogen and oxygen atoms in total. The van der Waals surface area contributed by atoms with E-state index in [1.165, 1.54) is 11.8 Å². The highest BCUT2D eigenvalue weighted by Crippen LogP contribution is 2.37. The molecule has 3 rings (SSSR count). The number of rotatable bonds is 27. The van der Waals surface area contributed by atoms with Crippen molar-refractivity contribution in [2.24, 2.45) is 22.2 Å². The van der Waals surface area contributed by atoms with Gasteiger partial charge in [0, 0.05) is 44.8 Å². The summed E-state index contributed by atoms with van der Waals surface area (Å²) >= 11 is 5.68. The molecule has 0 unspecified atom stereocenters. The van der Waals surface area contributed by atoms with Crippen molar-refractivity contribution < 1.29 is 62.6 Å². The van der Waals surface area contributed by atoms with Crippen LogP contribution in [0.3, 0.4) is 0 Å². The van der Waals surface area contributed by atoms with E-state index < -0.39 is 91.3 Å². The standard InChI is InChI=1S/C43H69N12O13PS2/c44-29(25-71-26-35(57)47-17-7-2-5-16-36(58)55-20-10-13-28(55)24-68-69(66,67)70)38(61)48-18-8-6-14-31-40(63)52-30(15-9-19-49-43(45)46)39(62)50-23-34(56)51-33(22-37(59)60)42(65)54-32(41(64)53-31)21-27-11-3-1-4-12-27/h1,3-4,11-12,28-33H,2,5-10,13-26,44H2,(H,47,57)(H,48,61)(H,50,62)(H,51,56)(H,52,63)(H,53,64)(H,54,65)(H,59,60)(H4,45,46,49)(H2,66,67,70)/t28-,29-,30-,31-,32+,33-/m0/s1. The third-order valence-electron chi connectivity index (χ3n) is 11.2. The number of carbonyl (C=O) groups is 9. The number of nitrogens with two attached hydrogens (primary N) is 3. The van der Waals surface area contributed by atoms with Crippen molar-refractivity contribution in [3.05, 3.63) is 35.9 Å². The summed E-state index contributed by atoms with van der Waals surface area (Å²) in [5.41, 5.74) is 17.6. The minimum Gasteiger partial charge on any atom is -0.481 e. The summed E-state index contributed by atoms with van der Waals surface area (Å²) in [5.74, 6) is -6.40. The number of aliphatic imine (C=N–C) groups is 1. The van der Waals surface area contributed by atoms with E-state index >= 15 is 0 Å². The fourth-order valence-electron chi connectivity index (χ4n) is 7.53. The van der Waals surface area contributed by atoms with Crippen molar-refractivity contribution in [3.8, 4) is 0 Å². The second kappa shape index (κ2) is 31.8. The van der Waals surface area contributed by atoms with E-state index in [1.807, 2.05) is 0 Å². The van der Waals surface area contributed by atoms with Crippen molar-refractivity contribution in [2.45, 2.75) is 120 Å². The number of amides is 8. The lowest BCUT2D eigenvalue weighted by molar-refractivity contribution is -0.141. The molecule has 2 heterocycles. The molecule has 0 bridgehead atoms. The zero-order valence-electron chi connectivity index (χ0n) is 39.5.